The van der Waals surface area contributed by atoms with Gasteiger partial charge < -0.3 is 15.7 Å². The van der Waals surface area contributed by atoms with Crippen molar-refractivity contribution in [2.24, 2.45) is 5.92 Å². The second kappa shape index (κ2) is 5.51. The Labute approximate surface area is 102 Å². The highest BCUT2D eigenvalue weighted by Gasteiger charge is 2.22. The van der Waals surface area contributed by atoms with Crippen molar-refractivity contribution in [3.63, 3.8) is 0 Å². The lowest BCUT2D eigenvalue weighted by Crippen LogP contribution is -2.33. The Morgan fingerprint density at radius 3 is 3.00 bits per heavy atom. The molecular formula is C12H22N4O. The fraction of sp³-hybridized carbons (Fsp3) is 0.750. The van der Waals surface area contributed by atoms with Gasteiger partial charge in [0.25, 0.3) is 0 Å². The Balaban J connectivity index is 1.76. The van der Waals surface area contributed by atoms with E-state index in [2.05, 4.69) is 16.9 Å². The third-order valence-electron chi connectivity index (χ3n) is 3.47. The van der Waals surface area contributed by atoms with Gasteiger partial charge in [0, 0.05) is 19.3 Å². The van der Waals surface area contributed by atoms with E-state index in [9.17, 15) is 5.11 Å². The van der Waals surface area contributed by atoms with Crippen molar-refractivity contribution in [2.75, 3.05) is 25.4 Å². The predicted octanol–water partition coefficient (Wildman–Crippen LogP) is 0.558. The largest absolute Gasteiger partial charge is 0.396 e. The summed E-state index contributed by atoms with van der Waals surface area (Å²) in [5.74, 6) is 0.808. The Morgan fingerprint density at radius 1 is 1.59 bits per heavy atom. The van der Waals surface area contributed by atoms with Gasteiger partial charge in [0.15, 0.2) is 0 Å². The molecule has 1 aliphatic rings. The highest BCUT2D eigenvalue weighted by atomic mass is 16.3. The summed E-state index contributed by atoms with van der Waals surface area (Å²) < 4.78 is 1.70. The Hall–Kier alpha value is -1.07. The highest BCUT2D eigenvalue weighted by Crippen LogP contribution is 2.19. The van der Waals surface area contributed by atoms with Crippen molar-refractivity contribution in [3.8, 4) is 0 Å². The van der Waals surface area contributed by atoms with Crippen LogP contribution >= 0.6 is 0 Å². The minimum atomic E-state index is -0.370. The van der Waals surface area contributed by atoms with E-state index in [1.54, 1.807) is 17.1 Å². The Morgan fingerprint density at radius 2 is 2.41 bits per heavy atom. The smallest absolute Gasteiger partial charge is 0.0862 e. The molecular weight excluding hydrogens is 216 g/mol. The van der Waals surface area contributed by atoms with Gasteiger partial charge in [-0.15, -0.1) is 0 Å². The van der Waals surface area contributed by atoms with Crippen LogP contribution in [-0.4, -0.2) is 45.5 Å². The first kappa shape index (κ1) is 12.4. The monoisotopic (exact) mass is 238 g/mol. The van der Waals surface area contributed by atoms with Gasteiger partial charge in [-0.3, -0.25) is 4.68 Å². The second-order valence-electron chi connectivity index (χ2n) is 4.97. The number of aromatic nitrogens is 2. The number of rotatable bonds is 5. The molecule has 2 atom stereocenters. The molecule has 0 radical (unpaired) electrons. The van der Waals surface area contributed by atoms with Crippen molar-refractivity contribution in [1.82, 2.24) is 14.7 Å². The van der Waals surface area contributed by atoms with Crippen LogP contribution in [0.1, 0.15) is 19.8 Å². The molecule has 17 heavy (non-hydrogen) atoms. The van der Waals surface area contributed by atoms with Gasteiger partial charge in [0.2, 0.25) is 0 Å². The molecule has 0 amide bonds. The van der Waals surface area contributed by atoms with Gasteiger partial charge >= 0.3 is 0 Å². The summed E-state index contributed by atoms with van der Waals surface area (Å²) in [4.78, 5) is 2.34. The van der Waals surface area contributed by atoms with Gasteiger partial charge in [-0.1, -0.05) is 13.3 Å². The van der Waals surface area contributed by atoms with Crippen LogP contribution in [0.2, 0.25) is 0 Å². The fourth-order valence-corrected chi connectivity index (χ4v) is 2.46. The average molecular weight is 238 g/mol. The van der Waals surface area contributed by atoms with Gasteiger partial charge in [-0.2, -0.15) is 5.10 Å². The minimum Gasteiger partial charge on any atom is -0.396 e. The SMILES string of the molecule is CCC1CCN(CC(O)Cn2cc(N)cn2)C1. The Kier molecular flexibility index (Phi) is 4.02. The maximum atomic E-state index is 9.99. The normalized spacial score (nSPS) is 23.1. The van der Waals surface area contributed by atoms with Crippen LogP contribution in [0.5, 0.6) is 0 Å². The first-order chi connectivity index (χ1) is 8.17. The van der Waals surface area contributed by atoms with Crippen LogP contribution in [0, 0.1) is 5.92 Å². The van der Waals surface area contributed by atoms with Gasteiger partial charge in [-0.05, 0) is 18.9 Å². The molecule has 1 aromatic heterocycles. The maximum absolute atomic E-state index is 9.99. The van der Waals surface area contributed by atoms with Crippen molar-refractivity contribution < 1.29 is 5.11 Å². The number of likely N-dealkylation sites (tertiary alicyclic amines) is 1. The first-order valence-corrected chi connectivity index (χ1v) is 6.35. The average Bonchev–Trinajstić information content (AvgIpc) is 2.88. The molecule has 5 nitrogen and oxygen atoms in total. The van der Waals surface area contributed by atoms with Crippen molar-refractivity contribution >= 4 is 5.69 Å². The third kappa shape index (κ3) is 3.44. The topological polar surface area (TPSA) is 67.3 Å². The lowest BCUT2D eigenvalue weighted by Gasteiger charge is -2.19. The van der Waals surface area contributed by atoms with Crippen molar-refractivity contribution in [3.05, 3.63) is 12.4 Å². The molecule has 3 N–H and O–H groups in total. The Bertz CT molecular complexity index is 352. The number of nitrogens with two attached hydrogens (primary N) is 1. The number of β-amino-alcohol motifs (C(OH)–C–C–N with tert-alkyl or cyclic N) is 1. The lowest BCUT2D eigenvalue weighted by molar-refractivity contribution is 0.104. The summed E-state index contributed by atoms with van der Waals surface area (Å²) in [5.41, 5.74) is 6.22. The molecule has 5 heteroatoms. The molecule has 0 aliphatic carbocycles. The molecule has 1 aromatic rings. The molecule has 1 saturated heterocycles. The summed E-state index contributed by atoms with van der Waals surface area (Å²) in [5, 5.41) is 14.1. The van der Waals surface area contributed by atoms with Crippen LogP contribution in [0.3, 0.4) is 0 Å². The number of nitrogen functional groups attached to an aromatic ring is 1. The number of aliphatic hydroxyl groups is 1. The summed E-state index contributed by atoms with van der Waals surface area (Å²) in [7, 11) is 0. The number of hydrogen-bond donors (Lipinski definition) is 2. The lowest BCUT2D eigenvalue weighted by atomic mass is 10.1. The van der Waals surface area contributed by atoms with E-state index in [1.165, 1.54) is 12.8 Å². The van der Waals surface area contributed by atoms with E-state index in [-0.39, 0.29) is 6.10 Å². The molecule has 0 aromatic carbocycles. The molecule has 96 valence electrons. The predicted molar refractivity (Wildman–Crippen MR) is 67.5 cm³/mol. The zero-order valence-corrected chi connectivity index (χ0v) is 10.4. The highest BCUT2D eigenvalue weighted by molar-refractivity contribution is 5.30. The summed E-state index contributed by atoms with van der Waals surface area (Å²) in [6, 6.07) is 0. The minimum absolute atomic E-state index is 0.370. The number of hydrogen-bond acceptors (Lipinski definition) is 4. The molecule has 1 aliphatic heterocycles. The number of nitrogens with zero attached hydrogens (tertiary/aromatic N) is 3. The zero-order chi connectivity index (χ0) is 12.3. The zero-order valence-electron chi connectivity index (χ0n) is 10.4. The van der Waals surface area contributed by atoms with E-state index in [1.807, 2.05) is 0 Å². The van der Waals surface area contributed by atoms with Gasteiger partial charge in [-0.25, -0.2) is 0 Å². The van der Waals surface area contributed by atoms with E-state index >= 15 is 0 Å². The standard InChI is InChI=1S/C12H22N4O/c1-2-10-3-4-15(6-10)8-12(17)9-16-7-11(13)5-14-16/h5,7,10,12,17H,2-4,6,8-9,13H2,1H3. The van der Waals surface area contributed by atoms with E-state index in [0.29, 0.717) is 12.2 Å². The van der Waals surface area contributed by atoms with Crippen molar-refractivity contribution in [1.29, 1.82) is 0 Å². The second-order valence-corrected chi connectivity index (χ2v) is 4.97. The number of anilines is 1. The van der Waals surface area contributed by atoms with E-state index < -0.39 is 0 Å². The van der Waals surface area contributed by atoms with E-state index in [0.717, 1.165) is 25.6 Å². The summed E-state index contributed by atoms with van der Waals surface area (Å²) >= 11 is 0. The van der Waals surface area contributed by atoms with Gasteiger partial charge in [0.05, 0.1) is 24.5 Å². The van der Waals surface area contributed by atoms with Gasteiger partial charge in [0.1, 0.15) is 0 Å². The first-order valence-electron chi connectivity index (χ1n) is 6.35. The fourth-order valence-electron chi connectivity index (χ4n) is 2.46. The molecule has 2 heterocycles. The van der Waals surface area contributed by atoms with Crippen LogP contribution in [-0.2, 0) is 6.54 Å². The quantitative estimate of drug-likeness (QED) is 0.786. The van der Waals surface area contributed by atoms with Crippen LogP contribution in [0.4, 0.5) is 5.69 Å². The van der Waals surface area contributed by atoms with Crippen LogP contribution in [0.15, 0.2) is 12.4 Å². The summed E-state index contributed by atoms with van der Waals surface area (Å²) in [6.07, 6.45) is 5.49. The molecule has 0 bridgehead atoms. The number of aliphatic hydroxyl groups excluding tert-OH is 1. The molecule has 2 rings (SSSR count). The molecule has 0 saturated carbocycles. The van der Waals surface area contributed by atoms with E-state index in [4.69, 9.17) is 5.73 Å². The maximum Gasteiger partial charge on any atom is 0.0862 e. The molecule has 0 spiro atoms. The molecule has 1 fully saturated rings. The van der Waals surface area contributed by atoms with Crippen molar-refractivity contribution in [2.45, 2.75) is 32.4 Å². The van der Waals surface area contributed by atoms with Crippen LogP contribution < -0.4 is 5.73 Å². The third-order valence-corrected chi connectivity index (χ3v) is 3.47. The summed E-state index contributed by atoms with van der Waals surface area (Å²) in [6.45, 7) is 5.71. The van der Waals surface area contributed by atoms with Crippen LogP contribution in [0.25, 0.3) is 0 Å². The molecule has 2 unspecified atom stereocenters.